The highest BCUT2D eigenvalue weighted by Gasteiger charge is 2.44. The molecule has 1 heterocycles. The van der Waals surface area contributed by atoms with E-state index in [1.165, 1.54) is 0 Å². The first-order valence-electron chi connectivity index (χ1n) is 5.84. The predicted octanol–water partition coefficient (Wildman–Crippen LogP) is 2.31. The highest BCUT2D eigenvalue weighted by molar-refractivity contribution is 6.02. The number of likely N-dealkylation sites (N-methyl/N-ethyl adjacent to an activating group) is 1. The smallest absolute Gasteiger partial charge is 0.270 e. The van der Waals surface area contributed by atoms with Crippen molar-refractivity contribution in [2.45, 2.75) is 32.3 Å². The van der Waals surface area contributed by atoms with E-state index in [2.05, 4.69) is 0 Å². The molecule has 2 rings (SSSR count). The number of anilines is 1. The Morgan fingerprint density at radius 3 is 2.59 bits per heavy atom. The molecule has 4 nitrogen and oxygen atoms in total. The van der Waals surface area contributed by atoms with Gasteiger partial charge in [-0.2, -0.15) is 0 Å². The highest BCUT2D eigenvalue weighted by atomic mass is 16.5. The molecule has 1 aromatic carbocycles. The van der Waals surface area contributed by atoms with Crippen LogP contribution in [0.25, 0.3) is 0 Å². The van der Waals surface area contributed by atoms with Gasteiger partial charge in [0, 0.05) is 13.1 Å². The minimum absolute atomic E-state index is 0.0271. The molecule has 0 aromatic heterocycles. The quantitative estimate of drug-likeness (QED) is 0.855. The second-order valence-corrected chi connectivity index (χ2v) is 4.32. The molecule has 1 amide bonds. The van der Waals surface area contributed by atoms with E-state index in [4.69, 9.17) is 4.74 Å². The Morgan fingerprint density at radius 1 is 1.35 bits per heavy atom. The van der Waals surface area contributed by atoms with Crippen LogP contribution in [0, 0.1) is 0 Å². The number of nitrogens with zero attached hydrogens (tertiary/aromatic N) is 1. The van der Waals surface area contributed by atoms with E-state index in [9.17, 15) is 9.90 Å². The Hall–Kier alpha value is -1.71. The van der Waals surface area contributed by atoms with Gasteiger partial charge in [-0.15, -0.1) is 0 Å². The van der Waals surface area contributed by atoms with Gasteiger partial charge in [0.25, 0.3) is 5.91 Å². The summed E-state index contributed by atoms with van der Waals surface area (Å²) in [7, 11) is 1.74. The number of fused-ring (bicyclic) bond motifs is 1. The van der Waals surface area contributed by atoms with Crippen molar-refractivity contribution in [3.05, 3.63) is 18.2 Å². The summed E-state index contributed by atoms with van der Waals surface area (Å²) in [6, 6.07) is 4.80. The maximum atomic E-state index is 12.3. The van der Waals surface area contributed by atoms with Gasteiger partial charge in [-0.1, -0.05) is 13.8 Å². The van der Waals surface area contributed by atoms with Gasteiger partial charge < -0.3 is 14.7 Å². The van der Waals surface area contributed by atoms with Gasteiger partial charge in [0.2, 0.25) is 0 Å². The first-order chi connectivity index (χ1) is 8.04. The minimum atomic E-state index is -0.796. The third-order valence-corrected chi connectivity index (χ3v) is 3.45. The molecule has 0 bridgehead atoms. The number of amides is 1. The van der Waals surface area contributed by atoms with Crippen LogP contribution in [0.1, 0.15) is 26.7 Å². The minimum Gasteiger partial charge on any atom is -0.508 e. The number of rotatable bonds is 2. The lowest BCUT2D eigenvalue weighted by atomic mass is 9.93. The van der Waals surface area contributed by atoms with Crippen molar-refractivity contribution in [3.8, 4) is 11.5 Å². The molecule has 0 spiro atoms. The monoisotopic (exact) mass is 235 g/mol. The molecular formula is C13H17NO3. The Bertz CT molecular complexity index is 452. The molecule has 1 aliphatic heterocycles. The van der Waals surface area contributed by atoms with Crippen LogP contribution in [0.3, 0.4) is 0 Å². The predicted molar refractivity (Wildman–Crippen MR) is 65.5 cm³/mol. The summed E-state index contributed by atoms with van der Waals surface area (Å²) >= 11 is 0. The fraction of sp³-hybridized carbons (Fsp3) is 0.462. The van der Waals surface area contributed by atoms with E-state index in [0.29, 0.717) is 24.3 Å². The van der Waals surface area contributed by atoms with E-state index in [0.717, 1.165) is 0 Å². The maximum Gasteiger partial charge on any atom is 0.270 e. The molecule has 1 aliphatic rings. The number of carbonyl (C=O) groups excluding carboxylic acids is 1. The van der Waals surface area contributed by atoms with Crippen molar-refractivity contribution >= 4 is 11.6 Å². The van der Waals surface area contributed by atoms with E-state index < -0.39 is 5.60 Å². The van der Waals surface area contributed by atoms with Crippen LogP contribution in [0.4, 0.5) is 5.69 Å². The van der Waals surface area contributed by atoms with Crippen LogP contribution in [0.15, 0.2) is 18.2 Å². The first kappa shape index (κ1) is 11.8. The largest absolute Gasteiger partial charge is 0.508 e. The van der Waals surface area contributed by atoms with Gasteiger partial charge >= 0.3 is 0 Å². The van der Waals surface area contributed by atoms with Crippen LogP contribution < -0.4 is 9.64 Å². The van der Waals surface area contributed by atoms with Gasteiger partial charge in [-0.25, -0.2) is 0 Å². The summed E-state index contributed by atoms with van der Waals surface area (Å²) in [5.41, 5.74) is -0.0967. The number of phenols is 1. The van der Waals surface area contributed by atoms with Crippen LogP contribution in [-0.2, 0) is 4.79 Å². The average Bonchev–Trinajstić information content (AvgIpc) is 2.33. The number of benzene rings is 1. The van der Waals surface area contributed by atoms with Crippen molar-refractivity contribution in [2.75, 3.05) is 11.9 Å². The fourth-order valence-electron chi connectivity index (χ4n) is 2.23. The van der Waals surface area contributed by atoms with E-state index in [-0.39, 0.29) is 11.7 Å². The summed E-state index contributed by atoms with van der Waals surface area (Å²) in [4.78, 5) is 13.9. The number of hydrogen-bond donors (Lipinski definition) is 1. The van der Waals surface area contributed by atoms with Gasteiger partial charge in [-0.05, 0) is 25.0 Å². The SMILES string of the molecule is CCC1(CC)Oc2cc(O)ccc2N(C)C1=O. The molecule has 0 aliphatic carbocycles. The van der Waals surface area contributed by atoms with Crippen molar-refractivity contribution in [1.29, 1.82) is 0 Å². The van der Waals surface area contributed by atoms with Crippen molar-refractivity contribution in [2.24, 2.45) is 0 Å². The standard InChI is InChI=1S/C13H17NO3/c1-4-13(5-2)12(16)14(3)10-7-6-9(15)8-11(10)17-13/h6-8,15H,4-5H2,1-3H3. The Morgan fingerprint density at radius 2 is 2.00 bits per heavy atom. The zero-order valence-corrected chi connectivity index (χ0v) is 10.4. The Kier molecular flexibility index (Phi) is 2.73. The second-order valence-electron chi connectivity index (χ2n) is 4.32. The first-order valence-corrected chi connectivity index (χ1v) is 5.84. The molecule has 17 heavy (non-hydrogen) atoms. The lowest BCUT2D eigenvalue weighted by molar-refractivity contribution is -0.135. The van der Waals surface area contributed by atoms with E-state index >= 15 is 0 Å². The van der Waals surface area contributed by atoms with Crippen LogP contribution >= 0.6 is 0 Å². The van der Waals surface area contributed by atoms with Crippen molar-refractivity contribution < 1.29 is 14.6 Å². The molecule has 0 saturated carbocycles. The normalized spacial score (nSPS) is 17.6. The Labute approximate surface area is 101 Å². The van der Waals surface area contributed by atoms with E-state index in [1.807, 2.05) is 13.8 Å². The zero-order valence-electron chi connectivity index (χ0n) is 10.4. The molecule has 0 atom stereocenters. The summed E-state index contributed by atoms with van der Waals surface area (Å²) in [6.07, 6.45) is 1.23. The maximum absolute atomic E-state index is 12.3. The molecular weight excluding hydrogens is 218 g/mol. The van der Waals surface area contributed by atoms with Crippen molar-refractivity contribution in [1.82, 2.24) is 0 Å². The number of hydrogen-bond acceptors (Lipinski definition) is 3. The lowest BCUT2D eigenvalue weighted by Gasteiger charge is -2.40. The van der Waals surface area contributed by atoms with Gasteiger partial charge in [0.15, 0.2) is 5.60 Å². The van der Waals surface area contributed by atoms with E-state index in [1.54, 1.807) is 30.1 Å². The zero-order chi connectivity index (χ0) is 12.6. The average molecular weight is 235 g/mol. The molecule has 0 saturated heterocycles. The van der Waals surface area contributed by atoms with Gasteiger partial charge in [0.05, 0.1) is 5.69 Å². The van der Waals surface area contributed by atoms with Crippen LogP contribution in [0.5, 0.6) is 11.5 Å². The van der Waals surface area contributed by atoms with Crippen molar-refractivity contribution in [3.63, 3.8) is 0 Å². The van der Waals surface area contributed by atoms with Gasteiger partial charge in [-0.3, -0.25) is 4.79 Å². The topological polar surface area (TPSA) is 49.8 Å². The molecule has 0 fully saturated rings. The molecule has 92 valence electrons. The van der Waals surface area contributed by atoms with Crippen LogP contribution in [-0.4, -0.2) is 23.7 Å². The summed E-state index contributed by atoms with van der Waals surface area (Å²) in [5.74, 6) is 0.684. The molecule has 4 heteroatoms. The third kappa shape index (κ3) is 1.64. The van der Waals surface area contributed by atoms with Crippen LogP contribution in [0.2, 0.25) is 0 Å². The number of carbonyl (C=O) groups is 1. The van der Waals surface area contributed by atoms with Gasteiger partial charge in [0.1, 0.15) is 11.5 Å². The number of aromatic hydroxyl groups is 1. The highest BCUT2D eigenvalue weighted by Crippen LogP contribution is 2.41. The number of phenolic OH excluding ortho intramolecular Hbond substituents is 1. The molecule has 1 N–H and O–H groups in total. The molecule has 0 radical (unpaired) electrons. The molecule has 1 aromatic rings. The summed E-state index contributed by atoms with van der Waals surface area (Å²) in [5, 5.41) is 9.47. The lowest BCUT2D eigenvalue weighted by Crippen LogP contribution is -2.54. The third-order valence-electron chi connectivity index (χ3n) is 3.45. The summed E-state index contributed by atoms with van der Waals surface area (Å²) in [6.45, 7) is 3.87. The second kappa shape index (κ2) is 3.95. The molecule has 0 unspecified atom stereocenters. The number of ether oxygens (including phenoxy) is 1. The fourth-order valence-corrected chi connectivity index (χ4v) is 2.23. The summed E-state index contributed by atoms with van der Waals surface area (Å²) < 4.78 is 5.83. The Balaban J connectivity index is 2.53.